The van der Waals surface area contributed by atoms with Crippen LogP contribution in [0.15, 0.2) is 12.1 Å². The number of hydrogen-bond acceptors (Lipinski definition) is 0. The molecule has 0 aliphatic heterocycles. The first-order valence-electron chi connectivity index (χ1n) is 3.60. The largest absolute Gasteiger partial charge is 0.238 e. The first-order valence-corrected chi connectivity index (χ1v) is 3.60. The average Bonchev–Trinajstić information content (AvgIpc) is 1.97. The Morgan fingerprint density at radius 1 is 1.00 bits per heavy atom. The van der Waals surface area contributed by atoms with Crippen LogP contribution in [-0.4, -0.2) is 0 Å². The summed E-state index contributed by atoms with van der Waals surface area (Å²) >= 11 is 0. The van der Waals surface area contributed by atoms with E-state index in [0.717, 1.165) is 11.3 Å². The Hall–Kier alpha value is -1.29. The van der Waals surface area contributed by atoms with Crippen molar-refractivity contribution in [1.82, 2.24) is 0 Å². The summed E-state index contributed by atoms with van der Waals surface area (Å²) in [6.07, 6.45) is 0. The normalized spacial score (nSPS) is 9.27. The summed E-state index contributed by atoms with van der Waals surface area (Å²) in [5, 5.41) is 0. The number of hydrogen-bond donors (Lipinski definition) is 0. The summed E-state index contributed by atoms with van der Waals surface area (Å²) in [5.41, 5.74) is 4.30. The highest BCUT2D eigenvalue weighted by molar-refractivity contribution is 5.55. The van der Waals surface area contributed by atoms with E-state index in [1.165, 1.54) is 11.1 Å². The van der Waals surface area contributed by atoms with Gasteiger partial charge >= 0.3 is 0 Å². The first-order chi connectivity index (χ1) is 5.15. The summed E-state index contributed by atoms with van der Waals surface area (Å²) in [6.45, 7) is 12.9. The standard InChI is InChI=1S/C10H11N/c1-7-5-9(3)10(11-4)6-8(7)2/h5-6H,1-3H3. The number of rotatable bonds is 0. The van der Waals surface area contributed by atoms with E-state index in [1.807, 2.05) is 19.9 Å². The molecule has 1 aromatic rings. The van der Waals surface area contributed by atoms with Crippen LogP contribution in [0.4, 0.5) is 5.69 Å². The summed E-state index contributed by atoms with van der Waals surface area (Å²) in [7, 11) is 0. The second-order valence-electron chi connectivity index (χ2n) is 2.83. The van der Waals surface area contributed by atoms with Crippen molar-refractivity contribution in [3.8, 4) is 0 Å². The zero-order chi connectivity index (χ0) is 8.43. The number of nitrogens with zero attached hydrogens (tertiary/aromatic N) is 1. The second kappa shape index (κ2) is 2.75. The maximum atomic E-state index is 6.88. The van der Waals surface area contributed by atoms with Crippen molar-refractivity contribution in [1.29, 1.82) is 0 Å². The van der Waals surface area contributed by atoms with Crippen LogP contribution in [0, 0.1) is 27.3 Å². The minimum absolute atomic E-state index is 0.771. The maximum Gasteiger partial charge on any atom is 0.190 e. The summed E-state index contributed by atoms with van der Waals surface area (Å²) in [4.78, 5) is 3.42. The molecule has 0 aromatic heterocycles. The van der Waals surface area contributed by atoms with Gasteiger partial charge in [-0.3, -0.25) is 0 Å². The Labute approximate surface area is 67.5 Å². The van der Waals surface area contributed by atoms with Gasteiger partial charge in [-0.1, -0.05) is 23.3 Å². The third-order valence-electron chi connectivity index (χ3n) is 1.93. The Morgan fingerprint density at radius 3 is 2.09 bits per heavy atom. The fourth-order valence-corrected chi connectivity index (χ4v) is 1.07. The van der Waals surface area contributed by atoms with Crippen molar-refractivity contribution in [2.45, 2.75) is 20.8 Å². The van der Waals surface area contributed by atoms with Crippen molar-refractivity contribution in [2.24, 2.45) is 0 Å². The molecule has 0 heterocycles. The first kappa shape index (κ1) is 7.81. The molecule has 1 aromatic carbocycles. The molecule has 0 spiro atoms. The highest BCUT2D eigenvalue weighted by atomic mass is 14.6. The Morgan fingerprint density at radius 2 is 1.55 bits per heavy atom. The van der Waals surface area contributed by atoms with Gasteiger partial charge in [0.2, 0.25) is 0 Å². The van der Waals surface area contributed by atoms with Gasteiger partial charge in [-0.05, 0) is 26.3 Å². The molecule has 0 fully saturated rings. The van der Waals surface area contributed by atoms with Gasteiger partial charge in [0.15, 0.2) is 5.69 Å². The van der Waals surface area contributed by atoms with Crippen LogP contribution in [-0.2, 0) is 0 Å². The van der Waals surface area contributed by atoms with Gasteiger partial charge < -0.3 is 0 Å². The molecule has 1 heteroatoms. The minimum Gasteiger partial charge on any atom is -0.238 e. The monoisotopic (exact) mass is 145 g/mol. The van der Waals surface area contributed by atoms with Gasteiger partial charge in [0.05, 0.1) is 6.57 Å². The fourth-order valence-electron chi connectivity index (χ4n) is 1.07. The lowest BCUT2D eigenvalue weighted by Gasteiger charge is -2.02. The lowest BCUT2D eigenvalue weighted by molar-refractivity contribution is 1.31. The van der Waals surface area contributed by atoms with Crippen molar-refractivity contribution < 1.29 is 0 Å². The van der Waals surface area contributed by atoms with E-state index in [4.69, 9.17) is 6.57 Å². The topological polar surface area (TPSA) is 4.36 Å². The van der Waals surface area contributed by atoms with Crippen LogP contribution in [0.25, 0.3) is 4.85 Å². The van der Waals surface area contributed by atoms with Gasteiger partial charge in [-0.25, -0.2) is 4.85 Å². The molecule has 0 N–H and O–H groups in total. The third-order valence-corrected chi connectivity index (χ3v) is 1.93. The Balaban J connectivity index is 3.35. The molecular weight excluding hydrogens is 134 g/mol. The summed E-state index contributed by atoms with van der Waals surface area (Å²) < 4.78 is 0. The molecule has 56 valence electrons. The zero-order valence-corrected chi connectivity index (χ0v) is 7.10. The Bertz CT molecular complexity index is 318. The van der Waals surface area contributed by atoms with E-state index in [9.17, 15) is 0 Å². The average molecular weight is 145 g/mol. The van der Waals surface area contributed by atoms with Crippen LogP contribution >= 0.6 is 0 Å². The van der Waals surface area contributed by atoms with Crippen LogP contribution in [0.1, 0.15) is 16.7 Å². The zero-order valence-electron chi connectivity index (χ0n) is 7.10. The van der Waals surface area contributed by atoms with E-state index in [-0.39, 0.29) is 0 Å². The van der Waals surface area contributed by atoms with Crippen LogP contribution < -0.4 is 0 Å². The molecular formula is C10H11N. The van der Waals surface area contributed by atoms with Gasteiger partial charge in [-0.15, -0.1) is 0 Å². The van der Waals surface area contributed by atoms with Crippen molar-refractivity contribution in [2.75, 3.05) is 0 Å². The summed E-state index contributed by atoms with van der Waals surface area (Å²) in [5.74, 6) is 0. The molecule has 1 rings (SSSR count). The molecule has 1 nitrogen and oxygen atoms in total. The van der Waals surface area contributed by atoms with E-state index in [1.54, 1.807) is 0 Å². The number of aryl methyl sites for hydroxylation is 3. The quantitative estimate of drug-likeness (QED) is 0.494. The lowest BCUT2D eigenvalue weighted by Crippen LogP contribution is -1.81. The minimum atomic E-state index is 0.771. The SMILES string of the molecule is [C-]#[N+]c1cc(C)c(C)cc1C. The van der Waals surface area contributed by atoms with E-state index >= 15 is 0 Å². The molecule has 0 saturated carbocycles. The summed E-state index contributed by atoms with van der Waals surface area (Å²) in [6, 6.07) is 4.00. The predicted molar refractivity (Wildman–Crippen MR) is 46.9 cm³/mol. The van der Waals surface area contributed by atoms with Gasteiger partial charge in [0.1, 0.15) is 0 Å². The van der Waals surface area contributed by atoms with E-state index in [2.05, 4.69) is 17.8 Å². The molecule has 0 radical (unpaired) electrons. The van der Waals surface area contributed by atoms with Gasteiger partial charge in [-0.2, -0.15) is 0 Å². The van der Waals surface area contributed by atoms with Crippen molar-refractivity contribution >= 4 is 5.69 Å². The van der Waals surface area contributed by atoms with E-state index in [0.29, 0.717) is 0 Å². The van der Waals surface area contributed by atoms with Gasteiger partial charge in [0, 0.05) is 0 Å². The van der Waals surface area contributed by atoms with Crippen molar-refractivity contribution in [3.05, 3.63) is 40.2 Å². The van der Waals surface area contributed by atoms with Gasteiger partial charge in [0.25, 0.3) is 0 Å². The number of benzene rings is 1. The second-order valence-corrected chi connectivity index (χ2v) is 2.83. The van der Waals surface area contributed by atoms with Crippen molar-refractivity contribution in [3.63, 3.8) is 0 Å². The molecule has 0 atom stereocenters. The Kier molecular flexibility index (Phi) is 1.96. The van der Waals surface area contributed by atoms with E-state index < -0.39 is 0 Å². The smallest absolute Gasteiger partial charge is 0.190 e. The third kappa shape index (κ3) is 1.40. The maximum absolute atomic E-state index is 6.88. The molecule has 0 aliphatic carbocycles. The highest BCUT2D eigenvalue weighted by Gasteiger charge is 1.99. The van der Waals surface area contributed by atoms with Crippen LogP contribution in [0.5, 0.6) is 0 Å². The molecule has 11 heavy (non-hydrogen) atoms. The molecule has 0 unspecified atom stereocenters. The highest BCUT2D eigenvalue weighted by Crippen LogP contribution is 2.22. The molecule has 0 saturated heterocycles. The molecule has 0 aliphatic rings. The van der Waals surface area contributed by atoms with Crippen LogP contribution in [0.2, 0.25) is 0 Å². The molecule has 0 amide bonds. The molecule has 0 bridgehead atoms. The van der Waals surface area contributed by atoms with Crippen LogP contribution in [0.3, 0.4) is 0 Å². The lowest BCUT2D eigenvalue weighted by atomic mass is 10.1. The fraction of sp³-hybridized carbons (Fsp3) is 0.300. The predicted octanol–water partition coefficient (Wildman–Crippen LogP) is 3.16.